The Labute approximate surface area is 118 Å². The number of hydrogen-bond donors (Lipinski definition) is 2. The summed E-state index contributed by atoms with van der Waals surface area (Å²) >= 11 is 0. The Morgan fingerprint density at radius 1 is 1.45 bits per heavy atom. The van der Waals surface area contributed by atoms with Crippen LogP contribution in [0.3, 0.4) is 0 Å². The third-order valence-electron chi connectivity index (χ3n) is 3.77. The van der Waals surface area contributed by atoms with Crippen LogP contribution in [0.1, 0.15) is 23.6 Å². The van der Waals surface area contributed by atoms with Gasteiger partial charge >= 0.3 is 0 Å². The molecular formula is C15H18N4O. The molecule has 1 unspecified atom stereocenters. The highest BCUT2D eigenvalue weighted by molar-refractivity contribution is 5.86. The van der Waals surface area contributed by atoms with E-state index in [4.69, 9.17) is 0 Å². The second-order valence-electron chi connectivity index (χ2n) is 5.02. The monoisotopic (exact) mass is 270 g/mol. The van der Waals surface area contributed by atoms with E-state index >= 15 is 0 Å². The molecule has 1 aliphatic heterocycles. The van der Waals surface area contributed by atoms with E-state index in [1.54, 1.807) is 10.9 Å². The number of amides is 1. The number of hydrogen-bond acceptors (Lipinski definition) is 3. The fourth-order valence-corrected chi connectivity index (χ4v) is 2.62. The van der Waals surface area contributed by atoms with Crippen LogP contribution in [-0.2, 0) is 18.4 Å². The fourth-order valence-electron chi connectivity index (χ4n) is 2.62. The Morgan fingerprint density at radius 3 is 3.10 bits per heavy atom. The molecule has 0 spiro atoms. The van der Waals surface area contributed by atoms with Gasteiger partial charge in [-0.15, -0.1) is 0 Å². The summed E-state index contributed by atoms with van der Waals surface area (Å²) < 4.78 is 1.77. The van der Waals surface area contributed by atoms with Crippen molar-refractivity contribution in [2.45, 2.75) is 18.9 Å². The molecule has 1 atom stereocenters. The SMILES string of the molecule is Cn1nccc1CNC(=O)C1CCNc2ccccc21. The van der Waals surface area contributed by atoms with Crippen LogP contribution in [-0.4, -0.2) is 22.2 Å². The molecule has 0 radical (unpaired) electrons. The van der Waals surface area contributed by atoms with E-state index in [-0.39, 0.29) is 11.8 Å². The Hall–Kier alpha value is -2.30. The molecule has 20 heavy (non-hydrogen) atoms. The van der Waals surface area contributed by atoms with Gasteiger partial charge in [-0.05, 0) is 24.1 Å². The van der Waals surface area contributed by atoms with Crippen LogP contribution in [0.4, 0.5) is 5.69 Å². The topological polar surface area (TPSA) is 59.0 Å². The number of carbonyl (C=O) groups excluding carboxylic acids is 1. The van der Waals surface area contributed by atoms with Crippen molar-refractivity contribution in [1.82, 2.24) is 15.1 Å². The van der Waals surface area contributed by atoms with Gasteiger partial charge in [-0.1, -0.05) is 18.2 Å². The van der Waals surface area contributed by atoms with Crippen LogP contribution in [0.2, 0.25) is 0 Å². The minimum Gasteiger partial charge on any atom is -0.385 e. The molecular weight excluding hydrogens is 252 g/mol. The summed E-state index contributed by atoms with van der Waals surface area (Å²) in [6.07, 6.45) is 2.57. The molecule has 0 saturated heterocycles. The van der Waals surface area contributed by atoms with Crippen LogP contribution in [0.15, 0.2) is 36.5 Å². The summed E-state index contributed by atoms with van der Waals surface area (Å²) in [7, 11) is 1.88. The summed E-state index contributed by atoms with van der Waals surface area (Å²) in [5, 5.41) is 10.4. The average molecular weight is 270 g/mol. The zero-order valence-electron chi connectivity index (χ0n) is 11.5. The maximum Gasteiger partial charge on any atom is 0.228 e. The zero-order chi connectivity index (χ0) is 13.9. The van der Waals surface area contributed by atoms with Crippen molar-refractivity contribution < 1.29 is 4.79 Å². The number of rotatable bonds is 3. The van der Waals surface area contributed by atoms with E-state index in [2.05, 4.69) is 15.7 Å². The molecule has 104 valence electrons. The number of fused-ring (bicyclic) bond motifs is 1. The maximum absolute atomic E-state index is 12.4. The Bertz CT molecular complexity index is 620. The second kappa shape index (κ2) is 5.36. The summed E-state index contributed by atoms with van der Waals surface area (Å²) in [6, 6.07) is 9.93. The largest absolute Gasteiger partial charge is 0.385 e. The van der Waals surface area contributed by atoms with Crippen molar-refractivity contribution in [1.29, 1.82) is 0 Å². The third-order valence-corrected chi connectivity index (χ3v) is 3.77. The van der Waals surface area contributed by atoms with Crippen molar-refractivity contribution in [3.05, 3.63) is 47.8 Å². The van der Waals surface area contributed by atoms with E-state index in [1.807, 2.05) is 37.4 Å². The molecule has 0 saturated carbocycles. The van der Waals surface area contributed by atoms with Gasteiger partial charge in [-0.3, -0.25) is 9.48 Å². The summed E-state index contributed by atoms with van der Waals surface area (Å²) in [5.41, 5.74) is 3.15. The van der Waals surface area contributed by atoms with Crippen molar-refractivity contribution in [2.24, 2.45) is 7.05 Å². The van der Waals surface area contributed by atoms with Gasteiger partial charge in [0, 0.05) is 25.5 Å². The molecule has 2 heterocycles. The minimum atomic E-state index is -0.0688. The highest BCUT2D eigenvalue weighted by Gasteiger charge is 2.25. The molecule has 0 aliphatic carbocycles. The standard InChI is InChI=1S/C15H18N4O/c1-19-11(6-9-18-19)10-17-15(20)13-7-8-16-14-5-3-2-4-12(13)14/h2-6,9,13,16H,7-8,10H2,1H3,(H,17,20). The first-order chi connectivity index (χ1) is 9.75. The average Bonchev–Trinajstić information content (AvgIpc) is 2.89. The number of nitrogens with one attached hydrogen (secondary N) is 2. The van der Waals surface area contributed by atoms with Crippen molar-refractivity contribution in [3.63, 3.8) is 0 Å². The molecule has 2 aromatic rings. The number of para-hydroxylation sites is 1. The van der Waals surface area contributed by atoms with Crippen molar-refractivity contribution in [2.75, 3.05) is 11.9 Å². The molecule has 5 heteroatoms. The van der Waals surface area contributed by atoms with Gasteiger partial charge in [0.25, 0.3) is 0 Å². The third kappa shape index (κ3) is 2.39. The quantitative estimate of drug-likeness (QED) is 0.891. The lowest BCUT2D eigenvalue weighted by Crippen LogP contribution is -2.33. The Balaban J connectivity index is 1.71. The molecule has 3 rings (SSSR count). The number of benzene rings is 1. The van der Waals surface area contributed by atoms with Crippen LogP contribution in [0, 0.1) is 0 Å². The van der Waals surface area contributed by atoms with E-state index in [0.717, 1.165) is 29.9 Å². The number of nitrogens with zero attached hydrogens (tertiary/aromatic N) is 2. The minimum absolute atomic E-state index is 0.0688. The van der Waals surface area contributed by atoms with Gasteiger partial charge in [-0.25, -0.2) is 0 Å². The summed E-state index contributed by atoms with van der Waals surface area (Å²) in [5.74, 6) is 0.0147. The molecule has 0 fully saturated rings. The lowest BCUT2D eigenvalue weighted by molar-refractivity contribution is -0.122. The van der Waals surface area contributed by atoms with Crippen molar-refractivity contribution >= 4 is 11.6 Å². The molecule has 0 bridgehead atoms. The van der Waals surface area contributed by atoms with Crippen LogP contribution < -0.4 is 10.6 Å². The number of aromatic nitrogens is 2. The zero-order valence-corrected chi connectivity index (χ0v) is 11.5. The van der Waals surface area contributed by atoms with Crippen LogP contribution >= 0.6 is 0 Å². The fraction of sp³-hybridized carbons (Fsp3) is 0.333. The number of carbonyl (C=O) groups is 1. The molecule has 5 nitrogen and oxygen atoms in total. The van der Waals surface area contributed by atoms with E-state index in [9.17, 15) is 4.79 Å². The molecule has 1 aromatic heterocycles. The van der Waals surface area contributed by atoms with Crippen LogP contribution in [0.5, 0.6) is 0 Å². The summed E-state index contributed by atoms with van der Waals surface area (Å²) in [6.45, 7) is 1.35. The van der Waals surface area contributed by atoms with Gasteiger partial charge in [0.15, 0.2) is 0 Å². The molecule has 2 N–H and O–H groups in total. The van der Waals surface area contributed by atoms with Gasteiger partial charge in [0.05, 0.1) is 18.2 Å². The maximum atomic E-state index is 12.4. The first-order valence-electron chi connectivity index (χ1n) is 6.83. The van der Waals surface area contributed by atoms with E-state index in [1.165, 1.54) is 0 Å². The second-order valence-corrected chi connectivity index (χ2v) is 5.02. The van der Waals surface area contributed by atoms with E-state index < -0.39 is 0 Å². The predicted molar refractivity (Wildman–Crippen MR) is 77.3 cm³/mol. The van der Waals surface area contributed by atoms with Gasteiger partial charge in [-0.2, -0.15) is 5.10 Å². The molecule has 1 aliphatic rings. The highest BCUT2D eigenvalue weighted by Crippen LogP contribution is 2.31. The first-order valence-corrected chi connectivity index (χ1v) is 6.83. The van der Waals surface area contributed by atoms with E-state index in [0.29, 0.717) is 6.54 Å². The van der Waals surface area contributed by atoms with Crippen LogP contribution in [0.25, 0.3) is 0 Å². The van der Waals surface area contributed by atoms with Gasteiger partial charge < -0.3 is 10.6 Å². The van der Waals surface area contributed by atoms with Gasteiger partial charge in [0.1, 0.15) is 0 Å². The van der Waals surface area contributed by atoms with Crippen molar-refractivity contribution in [3.8, 4) is 0 Å². The smallest absolute Gasteiger partial charge is 0.228 e. The lowest BCUT2D eigenvalue weighted by Gasteiger charge is -2.25. The lowest BCUT2D eigenvalue weighted by atomic mass is 9.90. The number of anilines is 1. The Morgan fingerprint density at radius 2 is 2.30 bits per heavy atom. The van der Waals surface area contributed by atoms with Gasteiger partial charge in [0.2, 0.25) is 5.91 Å². The highest BCUT2D eigenvalue weighted by atomic mass is 16.1. The molecule has 1 amide bonds. The predicted octanol–water partition coefficient (Wildman–Crippen LogP) is 1.64. The normalized spacial score (nSPS) is 17.1. The Kier molecular flexibility index (Phi) is 3.41. The first kappa shape index (κ1) is 12.7. The number of aryl methyl sites for hydroxylation is 1. The summed E-state index contributed by atoms with van der Waals surface area (Å²) in [4.78, 5) is 12.4. The molecule has 1 aromatic carbocycles.